The van der Waals surface area contributed by atoms with Gasteiger partial charge >= 0.3 is 0 Å². The average molecular weight is 381 g/mol. The van der Waals surface area contributed by atoms with Crippen molar-refractivity contribution in [3.63, 3.8) is 0 Å². The van der Waals surface area contributed by atoms with Crippen LogP contribution in [0.4, 0.5) is 11.4 Å². The van der Waals surface area contributed by atoms with E-state index in [0.717, 1.165) is 22.7 Å². The predicted octanol–water partition coefficient (Wildman–Crippen LogP) is 5.36. The lowest BCUT2D eigenvalue weighted by molar-refractivity contribution is -0.115. The van der Waals surface area contributed by atoms with Crippen LogP contribution in [0.3, 0.4) is 0 Å². The fourth-order valence-corrected chi connectivity index (χ4v) is 2.61. The Bertz CT molecular complexity index is 850. The van der Waals surface area contributed by atoms with Crippen molar-refractivity contribution in [2.75, 3.05) is 17.2 Å². The number of hydrogen-bond acceptors (Lipinski definition) is 3. The van der Waals surface area contributed by atoms with Crippen LogP contribution in [0.1, 0.15) is 12.0 Å². The number of nitrogens with one attached hydrogen (secondary N) is 2. The van der Waals surface area contributed by atoms with Crippen LogP contribution in [0.2, 0.25) is 5.02 Å². The highest BCUT2D eigenvalue weighted by Crippen LogP contribution is 2.18. The molecule has 27 heavy (non-hydrogen) atoms. The fraction of sp³-hybridized carbons (Fsp3) is 0.136. The number of hydrogen-bond donors (Lipinski definition) is 2. The topological polar surface area (TPSA) is 50.4 Å². The molecule has 0 fully saturated rings. The Morgan fingerprint density at radius 2 is 1.56 bits per heavy atom. The number of carbonyl (C=O) groups is 1. The molecule has 0 saturated carbocycles. The number of halogens is 1. The number of amides is 1. The van der Waals surface area contributed by atoms with Gasteiger partial charge in [0.05, 0.1) is 0 Å². The lowest BCUT2D eigenvalue weighted by Gasteiger charge is -2.09. The monoisotopic (exact) mass is 380 g/mol. The summed E-state index contributed by atoms with van der Waals surface area (Å²) in [5.41, 5.74) is 2.80. The number of anilines is 2. The highest BCUT2D eigenvalue weighted by atomic mass is 35.5. The van der Waals surface area contributed by atoms with Gasteiger partial charge in [-0.05, 0) is 54.1 Å². The molecule has 0 atom stereocenters. The first-order valence-corrected chi connectivity index (χ1v) is 9.13. The second-order valence-corrected chi connectivity index (χ2v) is 6.47. The lowest BCUT2D eigenvalue weighted by Crippen LogP contribution is -2.16. The van der Waals surface area contributed by atoms with E-state index in [0.29, 0.717) is 24.6 Å². The maximum atomic E-state index is 12.0. The van der Waals surface area contributed by atoms with Crippen LogP contribution in [-0.2, 0) is 11.4 Å². The molecule has 3 aromatic rings. The van der Waals surface area contributed by atoms with E-state index in [2.05, 4.69) is 10.6 Å². The minimum atomic E-state index is -0.0340. The molecule has 1 amide bonds. The molecular formula is C22H21ClN2O2. The molecule has 0 saturated heterocycles. The van der Waals surface area contributed by atoms with Crippen molar-refractivity contribution in [1.82, 2.24) is 0 Å². The maximum Gasteiger partial charge on any atom is 0.226 e. The van der Waals surface area contributed by atoms with E-state index in [1.807, 2.05) is 78.9 Å². The summed E-state index contributed by atoms with van der Waals surface area (Å²) in [6.07, 6.45) is 0.393. The quantitative estimate of drug-likeness (QED) is 0.553. The van der Waals surface area contributed by atoms with E-state index in [1.54, 1.807) is 0 Å². The Labute approximate surface area is 164 Å². The normalized spacial score (nSPS) is 10.3. The van der Waals surface area contributed by atoms with Crippen molar-refractivity contribution >= 4 is 28.9 Å². The molecular weight excluding hydrogens is 360 g/mol. The summed E-state index contributed by atoms with van der Waals surface area (Å²) in [7, 11) is 0. The minimum Gasteiger partial charge on any atom is -0.489 e. The van der Waals surface area contributed by atoms with Crippen LogP contribution in [0.25, 0.3) is 0 Å². The van der Waals surface area contributed by atoms with Crippen LogP contribution in [-0.4, -0.2) is 12.5 Å². The first-order valence-electron chi connectivity index (χ1n) is 8.75. The van der Waals surface area contributed by atoms with E-state index in [9.17, 15) is 4.79 Å². The summed E-state index contributed by atoms with van der Waals surface area (Å²) in [4.78, 5) is 12.0. The van der Waals surface area contributed by atoms with Crippen LogP contribution in [0.15, 0.2) is 78.9 Å². The summed E-state index contributed by atoms with van der Waals surface area (Å²) in [6.45, 7) is 1.05. The van der Waals surface area contributed by atoms with Crippen LogP contribution in [0, 0.1) is 0 Å². The third kappa shape index (κ3) is 6.35. The summed E-state index contributed by atoms with van der Waals surface area (Å²) in [5.74, 6) is 0.710. The molecule has 0 heterocycles. The minimum absolute atomic E-state index is 0.0340. The van der Waals surface area contributed by atoms with E-state index in [-0.39, 0.29) is 5.91 Å². The molecule has 0 aromatic heterocycles. The van der Waals surface area contributed by atoms with Crippen molar-refractivity contribution in [3.8, 4) is 5.75 Å². The predicted molar refractivity (Wildman–Crippen MR) is 110 cm³/mol. The summed E-state index contributed by atoms with van der Waals surface area (Å²) in [5, 5.41) is 6.81. The highest BCUT2D eigenvalue weighted by molar-refractivity contribution is 6.30. The Morgan fingerprint density at radius 1 is 0.852 bits per heavy atom. The van der Waals surface area contributed by atoms with Crippen molar-refractivity contribution < 1.29 is 9.53 Å². The lowest BCUT2D eigenvalue weighted by atomic mass is 10.2. The summed E-state index contributed by atoms with van der Waals surface area (Å²) in [6, 6.07) is 24.7. The number of ether oxygens (including phenoxy) is 1. The average Bonchev–Trinajstić information content (AvgIpc) is 2.69. The van der Waals surface area contributed by atoms with Crippen LogP contribution < -0.4 is 15.4 Å². The zero-order valence-electron chi connectivity index (χ0n) is 14.8. The SMILES string of the molecule is O=C(CCNc1ccccc1)Nc1ccc(OCc2ccc(Cl)cc2)cc1. The number of rotatable bonds is 8. The molecule has 0 radical (unpaired) electrons. The molecule has 5 heteroatoms. The maximum absolute atomic E-state index is 12.0. The van der Waals surface area contributed by atoms with Crippen molar-refractivity contribution in [2.24, 2.45) is 0 Å². The number of para-hydroxylation sites is 1. The van der Waals surface area contributed by atoms with Gasteiger partial charge in [-0.1, -0.05) is 41.9 Å². The van der Waals surface area contributed by atoms with E-state index < -0.39 is 0 Å². The van der Waals surface area contributed by atoms with Crippen molar-refractivity contribution in [3.05, 3.63) is 89.4 Å². The van der Waals surface area contributed by atoms with Gasteiger partial charge in [0.25, 0.3) is 0 Å². The van der Waals surface area contributed by atoms with Crippen molar-refractivity contribution in [1.29, 1.82) is 0 Å². The van der Waals surface area contributed by atoms with Gasteiger partial charge in [0.2, 0.25) is 5.91 Å². The molecule has 138 valence electrons. The molecule has 2 N–H and O–H groups in total. The second-order valence-electron chi connectivity index (χ2n) is 6.03. The highest BCUT2D eigenvalue weighted by Gasteiger charge is 2.03. The van der Waals surface area contributed by atoms with Gasteiger partial charge in [0, 0.05) is 29.4 Å². The zero-order chi connectivity index (χ0) is 18.9. The molecule has 0 aliphatic rings. The largest absolute Gasteiger partial charge is 0.489 e. The van der Waals surface area contributed by atoms with Gasteiger partial charge < -0.3 is 15.4 Å². The molecule has 0 unspecified atom stereocenters. The number of benzene rings is 3. The summed E-state index contributed by atoms with van der Waals surface area (Å²) < 4.78 is 5.74. The standard InChI is InChI=1S/C22H21ClN2O2/c23-18-8-6-17(7-9-18)16-27-21-12-10-20(11-13-21)25-22(26)14-15-24-19-4-2-1-3-5-19/h1-13,24H,14-16H2,(H,25,26). The third-order valence-electron chi connectivity index (χ3n) is 3.91. The van der Waals surface area contributed by atoms with E-state index in [4.69, 9.17) is 16.3 Å². The molecule has 3 aromatic carbocycles. The Morgan fingerprint density at radius 3 is 2.26 bits per heavy atom. The van der Waals surface area contributed by atoms with Gasteiger partial charge in [0.15, 0.2) is 0 Å². The van der Waals surface area contributed by atoms with Gasteiger partial charge in [-0.15, -0.1) is 0 Å². The Hall–Kier alpha value is -2.98. The molecule has 0 aliphatic heterocycles. The molecule has 0 spiro atoms. The third-order valence-corrected chi connectivity index (χ3v) is 4.16. The second kappa shape index (κ2) is 9.64. The van der Waals surface area contributed by atoms with Gasteiger partial charge in [-0.25, -0.2) is 0 Å². The van der Waals surface area contributed by atoms with Crippen molar-refractivity contribution in [2.45, 2.75) is 13.0 Å². The van der Waals surface area contributed by atoms with Gasteiger partial charge in [-0.3, -0.25) is 4.79 Å². The zero-order valence-corrected chi connectivity index (χ0v) is 15.6. The Kier molecular flexibility index (Phi) is 6.72. The molecule has 0 aliphatic carbocycles. The van der Waals surface area contributed by atoms with Crippen LogP contribution in [0.5, 0.6) is 5.75 Å². The van der Waals surface area contributed by atoms with Crippen LogP contribution >= 0.6 is 11.6 Å². The molecule has 0 bridgehead atoms. The van der Waals surface area contributed by atoms with E-state index >= 15 is 0 Å². The first kappa shape index (κ1) is 18.8. The van der Waals surface area contributed by atoms with Gasteiger partial charge in [-0.2, -0.15) is 0 Å². The smallest absolute Gasteiger partial charge is 0.226 e. The first-order chi connectivity index (χ1) is 13.2. The number of carbonyl (C=O) groups excluding carboxylic acids is 1. The molecule has 3 rings (SSSR count). The fourth-order valence-electron chi connectivity index (χ4n) is 2.48. The Balaban J connectivity index is 1.41. The molecule has 4 nitrogen and oxygen atoms in total. The van der Waals surface area contributed by atoms with E-state index in [1.165, 1.54) is 0 Å². The van der Waals surface area contributed by atoms with Gasteiger partial charge in [0.1, 0.15) is 12.4 Å². The summed E-state index contributed by atoms with van der Waals surface area (Å²) >= 11 is 5.87.